The van der Waals surface area contributed by atoms with E-state index in [-0.39, 0.29) is 0 Å². The molecule has 16 heavy (non-hydrogen) atoms. The van der Waals surface area contributed by atoms with Gasteiger partial charge in [0, 0.05) is 0 Å². The van der Waals surface area contributed by atoms with E-state index in [4.69, 9.17) is 4.74 Å². The molecule has 1 aliphatic heterocycles. The van der Waals surface area contributed by atoms with E-state index < -0.39 is 0 Å². The summed E-state index contributed by atoms with van der Waals surface area (Å²) in [5, 5.41) is 0. The molecule has 2 aliphatic carbocycles. The molecule has 0 bridgehead atoms. The summed E-state index contributed by atoms with van der Waals surface area (Å²) >= 11 is 0. The van der Waals surface area contributed by atoms with Gasteiger partial charge >= 0.3 is 0 Å². The topological polar surface area (TPSA) is 12.5 Å². The van der Waals surface area contributed by atoms with Crippen LogP contribution in [0.25, 0.3) is 0 Å². The molecule has 0 amide bonds. The van der Waals surface area contributed by atoms with E-state index in [0.29, 0.717) is 17.6 Å². The summed E-state index contributed by atoms with van der Waals surface area (Å²) in [6, 6.07) is 0. The highest BCUT2D eigenvalue weighted by Crippen LogP contribution is 2.56. The van der Waals surface area contributed by atoms with E-state index >= 15 is 0 Å². The summed E-state index contributed by atoms with van der Waals surface area (Å²) in [7, 11) is 0. The Morgan fingerprint density at radius 1 is 1.06 bits per heavy atom. The van der Waals surface area contributed by atoms with Gasteiger partial charge in [-0.2, -0.15) is 0 Å². The first-order chi connectivity index (χ1) is 7.60. The van der Waals surface area contributed by atoms with Crippen LogP contribution in [0.1, 0.15) is 59.3 Å². The maximum absolute atomic E-state index is 5.69. The zero-order chi connectivity index (χ0) is 11.3. The number of ether oxygens (including phenoxy) is 1. The normalized spacial score (nSPS) is 50.8. The molecule has 3 aliphatic rings. The van der Waals surface area contributed by atoms with Gasteiger partial charge < -0.3 is 4.74 Å². The molecule has 1 heteroatoms. The molecule has 3 rings (SSSR count). The van der Waals surface area contributed by atoms with E-state index in [0.717, 1.165) is 17.8 Å². The zero-order valence-corrected chi connectivity index (χ0v) is 11.0. The molecule has 0 aromatic rings. The van der Waals surface area contributed by atoms with Gasteiger partial charge in [-0.1, -0.05) is 26.7 Å². The molecule has 0 aromatic heterocycles. The van der Waals surface area contributed by atoms with E-state index in [1.54, 1.807) is 0 Å². The summed E-state index contributed by atoms with van der Waals surface area (Å²) < 4.78 is 5.69. The van der Waals surface area contributed by atoms with Crippen molar-refractivity contribution >= 4 is 0 Å². The predicted octanol–water partition coefficient (Wildman–Crippen LogP) is 4.02. The van der Waals surface area contributed by atoms with Crippen LogP contribution in [0, 0.1) is 23.2 Å². The van der Waals surface area contributed by atoms with Gasteiger partial charge in [-0.25, -0.2) is 0 Å². The van der Waals surface area contributed by atoms with Crippen LogP contribution in [-0.2, 0) is 4.74 Å². The molecule has 5 atom stereocenters. The second-order valence-electron chi connectivity index (χ2n) is 6.98. The van der Waals surface area contributed by atoms with E-state index in [9.17, 15) is 0 Å². The Morgan fingerprint density at radius 2 is 1.69 bits per heavy atom. The van der Waals surface area contributed by atoms with Gasteiger partial charge in [0.2, 0.25) is 0 Å². The molecule has 1 saturated heterocycles. The molecule has 3 fully saturated rings. The van der Waals surface area contributed by atoms with E-state index in [1.165, 1.54) is 38.5 Å². The van der Waals surface area contributed by atoms with Crippen LogP contribution in [0.3, 0.4) is 0 Å². The Hall–Kier alpha value is -0.0400. The summed E-state index contributed by atoms with van der Waals surface area (Å²) in [5.74, 6) is 2.80. The minimum atomic E-state index is 0.562. The number of hydrogen-bond donors (Lipinski definition) is 0. The fourth-order valence-corrected chi connectivity index (χ4v) is 4.79. The van der Waals surface area contributed by atoms with Crippen molar-refractivity contribution < 1.29 is 4.74 Å². The van der Waals surface area contributed by atoms with Crippen LogP contribution in [0.4, 0.5) is 0 Å². The van der Waals surface area contributed by atoms with Crippen LogP contribution in [-0.4, -0.2) is 12.2 Å². The third-order valence-corrected chi connectivity index (χ3v) is 5.78. The minimum Gasteiger partial charge on any atom is -0.370 e. The third kappa shape index (κ3) is 1.72. The molecular weight excluding hydrogens is 196 g/mol. The number of epoxide rings is 1. The Kier molecular flexibility index (Phi) is 2.58. The smallest absolute Gasteiger partial charge is 0.0867 e. The maximum atomic E-state index is 5.69. The van der Waals surface area contributed by atoms with Crippen LogP contribution in [0.5, 0.6) is 0 Å². The van der Waals surface area contributed by atoms with Crippen LogP contribution >= 0.6 is 0 Å². The maximum Gasteiger partial charge on any atom is 0.0867 e. The average molecular weight is 222 g/mol. The lowest BCUT2D eigenvalue weighted by molar-refractivity contribution is 0.152. The fourth-order valence-electron chi connectivity index (χ4n) is 4.79. The highest BCUT2D eigenvalue weighted by molar-refractivity contribution is 4.99. The third-order valence-electron chi connectivity index (χ3n) is 5.78. The molecule has 0 spiro atoms. The van der Waals surface area contributed by atoms with Crippen molar-refractivity contribution in [2.75, 3.05) is 0 Å². The van der Waals surface area contributed by atoms with E-state index in [2.05, 4.69) is 20.8 Å². The average Bonchev–Trinajstić information content (AvgIpc) is 2.64. The summed E-state index contributed by atoms with van der Waals surface area (Å²) in [4.78, 5) is 0. The molecule has 1 nitrogen and oxygen atoms in total. The molecule has 0 aromatic carbocycles. The molecule has 1 heterocycles. The second kappa shape index (κ2) is 3.73. The largest absolute Gasteiger partial charge is 0.370 e. The molecule has 2 saturated carbocycles. The van der Waals surface area contributed by atoms with E-state index in [1.807, 2.05) is 0 Å². The Bertz CT molecular complexity index is 267. The summed E-state index contributed by atoms with van der Waals surface area (Å²) in [5.41, 5.74) is 0.673. The minimum absolute atomic E-state index is 0.562. The Morgan fingerprint density at radius 3 is 2.25 bits per heavy atom. The van der Waals surface area contributed by atoms with Gasteiger partial charge in [0.25, 0.3) is 0 Å². The van der Waals surface area contributed by atoms with Gasteiger partial charge in [0.05, 0.1) is 12.2 Å². The van der Waals surface area contributed by atoms with Crippen molar-refractivity contribution in [1.82, 2.24) is 0 Å². The first-order valence-electron chi connectivity index (χ1n) is 7.25. The molecule has 92 valence electrons. The lowest BCUT2D eigenvalue weighted by Crippen LogP contribution is -2.26. The van der Waals surface area contributed by atoms with Gasteiger partial charge in [0.1, 0.15) is 0 Å². The first-order valence-corrected chi connectivity index (χ1v) is 7.25. The lowest BCUT2D eigenvalue weighted by atomic mass is 9.71. The lowest BCUT2D eigenvalue weighted by Gasteiger charge is -2.34. The number of hydrogen-bond acceptors (Lipinski definition) is 1. The van der Waals surface area contributed by atoms with Crippen molar-refractivity contribution in [2.45, 2.75) is 71.5 Å². The van der Waals surface area contributed by atoms with Crippen molar-refractivity contribution in [3.05, 3.63) is 0 Å². The van der Waals surface area contributed by atoms with Gasteiger partial charge in [0.15, 0.2) is 0 Å². The van der Waals surface area contributed by atoms with Crippen molar-refractivity contribution in [1.29, 1.82) is 0 Å². The Balaban J connectivity index is 1.67. The highest BCUT2D eigenvalue weighted by atomic mass is 16.6. The molecule has 0 radical (unpaired) electrons. The molecular formula is C15H26O. The monoisotopic (exact) mass is 222 g/mol. The summed E-state index contributed by atoms with van der Waals surface area (Å²) in [6.07, 6.45) is 9.97. The zero-order valence-electron chi connectivity index (χ0n) is 11.0. The number of rotatable bonds is 2. The second-order valence-corrected chi connectivity index (χ2v) is 6.98. The van der Waals surface area contributed by atoms with Crippen molar-refractivity contribution in [2.24, 2.45) is 23.2 Å². The SMILES string of the molecule is CC1CC(C2OC2C)CC1C1(C)CCCC1. The van der Waals surface area contributed by atoms with Crippen LogP contribution < -0.4 is 0 Å². The Labute approximate surface area is 99.9 Å². The summed E-state index contributed by atoms with van der Waals surface area (Å²) in [6.45, 7) is 7.28. The van der Waals surface area contributed by atoms with Crippen LogP contribution in [0.15, 0.2) is 0 Å². The molecule has 5 unspecified atom stereocenters. The van der Waals surface area contributed by atoms with Gasteiger partial charge in [-0.3, -0.25) is 0 Å². The molecule has 0 N–H and O–H groups in total. The van der Waals surface area contributed by atoms with Gasteiger partial charge in [-0.05, 0) is 55.8 Å². The fraction of sp³-hybridized carbons (Fsp3) is 1.00. The van der Waals surface area contributed by atoms with Crippen molar-refractivity contribution in [3.63, 3.8) is 0 Å². The quantitative estimate of drug-likeness (QED) is 0.643. The van der Waals surface area contributed by atoms with Crippen LogP contribution in [0.2, 0.25) is 0 Å². The van der Waals surface area contributed by atoms with Crippen molar-refractivity contribution in [3.8, 4) is 0 Å². The van der Waals surface area contributed by atoms with Gasteiger partial charge in [-0.15, -0.1) is 0 Å². The highest BCUT2D eigenvalue weighted by Gasteiger charge is 2.51. The predicted molar refractivity (Wildman–Crippen MR) is 66.3 cm³/mol. The first kappa shape index (κ1) is 11.1. The standard InChI is InChI=1S/C15H26O/c1-10-8-12(14-11(2)16-14)9-13(10)15(3)6-4-5-7-15/h10-14H,4-9H2,1-3H3.